The molecule has 1 heterocycles. The van der Waals surface area contributed by atoms with E-state index in [1.54, 1.807) is 0 Å². The van der Waals surface area contributed by atoms with Gasteiger partial charge in [-0.05, 0) is 46.0 Å². The van der Waals surface area contributed by atoms with Crippen molar-refractivity contribution in [1.82, 2.24) is 4.90 Å². The minimum atomic E-state index is -0.385. The molecule has 0 aromatic carbocycles. The number of rotatable bonds is 2. The summed E-state index contributed by atoms with van der Waals surface area (Å²) >= 11 is 3.46. The standard InChI is InChI=1S/C12H22BrNO2.C2H6/c1-12(2,3)16-11(15)14-8-5-10(4-7-13)6-9-14;1-2/h10H,4-9H2,1-3H3;1-2H3. The topological polar surface area (TPSA) is 29.5 Å². The molecule has 0 bridgehead atoms. The lowest BCUT2D eigenvalue weighted by Crippen LogP contribution is -2.41. The van der Waals surface area contributed by atoms with Crippen LogP contribution >= 0.6 is 15.9 Å². The van der Waals surface area contributed by atoms with Gasteiger partial charge in [0.05, 0.1) is 0 Å². The highest BCUT2D eigenvalue weighted by molar-refractivity contribution is 9.09. The number of alkyl halides is 1. The largest absolute Gasteiger partial charge is 0.444 e. The molecule has 1 rings (SSSR count). The first-order valence-electron chi connectivity index (χ1n) is 6.96. The molecule has 3 nitrogen and oxygen atoms in total. The van der Waals surface area contributed by atoms with Gasteiger partial charge >= 0.3 is 6.09 Å². The van der Waals surface area contributed by atoms with Gasteiger partial charge in [0.25, 0.3) is 0 Å². The number of hydrogen-bond donors (Lipinski definition) is 0. The molecule has 0 aromatic rings. The number of hydrogen-bond acceptors (Lipinski definition) is 2. The smallest absolute Gasteiger partial charge is 0.410 e. The first-order valence-corrected chi connectivity index (χ1v) is 8.08. The molecule has 0 aromatic heterocycles. The molecular weight excluding hydrogens is 294 g/mol. The summed E-state index contributed by atoms with van der Waals surface area (Å²) in [4.78, 5) is 13.6. The molecule has 0 aliphatic carbocycles. The maximum atomic E-state index is 11.8. The van der Waals surface area contributed by atoms with E-state index in [2.05, 4.69) is 15.9 Å². The molecule has 1 aliphatic heterocycles. The number of nitrogens with zero attached hydrogens (tertiary/aromatic N) is 1. The Bertz CT molecular complexity index is 230. The number of carbonyl (C=O) groups excluding carboxylic acids is 1. The molecule has 4 heteroatoms. The van der Waals surface area contributed by atoms with Gasteiger partial charge in [0.2, 0.25) is 0 Å². The van der Waals surface area contributed by atoms with E-state index < -0.39 is 0 Å². The molecule has 0 unspecified atom stereocenters. The molecule has 1 saturated heterocycles. The molecule has 1 amide bonds. The lowest BCUT2D eigenvalue weighted by molar-refractivity contribution is 0.0183. The van der Waals surface area contributed by atoms with Crippen LogP contribution in [0.15, 0.2) is 0 Å². The fraction of sp³-hybridized carbons (Fsp3) is 0.929. The molecule has 0 radical (unpaired) electrons. The van der Waals surface area contributed by atoms with Crippen molar-refractivity contribution in [2.24, 2.45) is 5.92 Å². The number of likely N-dealkylation sites (tertiary alicyclic amines) is 1. The van der Waals surface area contributed by atoms with Crippen LogP contribution in [0, 0.1) is 5.92 Å². The quantitative estimate of drug-likeness (QED) is 0.703. The highest BCUT2D eigenvalue weighted by Gasteiger charge is 2.26. The molecular formula is C14H28BrNO2. The van der Waals surface area contributed by atoms with E-state index in [-0.39, 0.29) is 11.7 Å². The van der Waals surface area contributed by atoms with Gasteiger partial charge in [0, 0.05) is 18.4 Å². The molecule has 18 heavy (non-hydrogen) atoms. The van der Waals surface area contributed by atoms with E-state index in [0.29, 0.717) is 0 Å². The summed E-state index contributed by atoms with van der Waals surface area (Å²) in [5, 5.41) is 1.06. The summed E-state index contributed by atoms with van der Waals surface area (Å²) in [6, 6.07) is 0. The van der Waals surface area contributed by atoms with Crippen LogP contribution in [-0.2, 0) is 4.74 Å². The molecule has 108 valence electrons. The molecule has 0 spiro atoms. The van der Waals surface area contributed by atoms with Crippen molar-refractivity contribution < 1.29 is 9.53 Å². The average Bonchev–Trinajstić information content (AvgIpc) is 2.31. The van der Waals surface area contributed by atoms with Gasteiger partial charge in [0.1, 0.15) is 5.60 Å². The molecule has 0 saturated carbocycles. The predicted octanol–water partition coefficient (Wildman–Crippen LogP) is 4.44. The molecule has 0 atom stereocenters. The minimum Gasteiger partial charge on any atom is -0.444 e. The van der Waals surface area contributed by atoms with E-state index in [1.807, 2.05) is 39.5 Å². The highest BCUT2D eigenvalue weighted by atomic mass is 79.9. The fourth-order valence-electron chi connectivity index (χ4n) is 1.88. The summed E-state index contributed by atoms with van der Waals surface area (Å²) in [6.45, 7) is 11.4. The van der Waals surface area contributed by atoms with Crippen molar-refractivity contribution >= 4 is 22.0 Å². The SMILES string of the molecule is CC.CC(C)(C)OC(=O)N1CCC(CCBr)CC1. The van der Waals surface area contributed by atoms with Crippen LogP contribution in [-0.4, -0.2) is 35.0 Å². The van der Waals surface area contributed by atoms with Crippen LogP contribution in [0.1, 0.15) is 53.9 Å². The highest BCUT2D eigenvalue weighted by Crippen LogP contribution is 2.22. The Morgan fingerprint density at radius 2 is 1.78 bits per heavy atom. The predicted molar refractivity (Wildman–Crippen MR) is 80.3 cm³/mol. The van der Waals surface area contributed by atoms with Gasteiger partial charge in [-0.1, -0.05) is 29.8 Å². The van der Waals surface area contributed by atoms with Crippen LogP contribution in [0.2, 0.25) is 0 Å². The van der Waals surface area contributed by atoms with Crippen molar-refractivity contribution in [2.45, 2.75) is 59.5 Å². The van der Waals surface area contributed by atoms with Gasteiger partial charge in [-0.2, -0.15) is 0 Å². The zero-order valence-electron chi connectivity index (χ0n) is 12.5. The molecule has 1 fully saturated rings. The third-order valence-electron chi connectivity index (χ3n) is 2.78. The Balaban J connectivity index is 0.00000137. The minimum absolute atomic E-state index is 0.162. The van der Waals surface area contributed by atoms with E-state index >= 15 is 0 Å². The Labute approximate surface area is 120 Å². The van der Waals surface area contributed by atoms with Gasteiger partial charge in [0.15, 0.2) is 0 Å². The van der Waals surface area contributed by atoms with Crippen molar-refractivity contribution in [3.05, 3.63) is 0 Å². The van der Waals surface area contributed by atoms with Crippen molar-refractivity contribution in [3.8, 4) is 0 Å². The van der Waals surface area contributed by atoms with Crippen LogP contribution in [0.5, 0.6) is 0 Å². The maximum absolute atomic E-state index is 11.8. The van der Waals surface area contributed by atoms with Gasteiger partial charge in [-0.3, -0.25) is 0 Å². The monoisotopic (exact) mass is 321 g/mol. The third kappa shape index (κ3) is 7.24. The summed E-state index contributed by atoms with van der Waals surface area (Å²) in [5.74, 6) is 0.762. The van der Waals surface area contributed by atoms with Gasteiger partial charge < -0.3 is 9.64 Å². The van der Waals surface area contributed by atoms with Crippen LogP contribution < -0.4 is 0 Å². The molecule has 1 aliphatic rings. The van der Waals surface area contributed by atoms with E-state index in [9.17, 15) is 4.79 Å². The average molecular weight is 322 g/mol. The summed E-state index contributed by atoms with van der Waals surface area (Å²) in [5.41, 5.74) is -0.385. The zero-order valence-corrected chi connectivity index (χ0v) is 14.0. The van der Waals surface area contributed by atoms with Gasteiger partial charge in [-0.25, -0.2) is 4.79 Å². The van der Waals surface area contributed by atoms with E-state index in [1.165, 1.54) is 6.42 Å². The number of carbonyl (C=O) groups is 1. The number of ether oxygens (including phenoxy) is 1. The number of amides is 1. The second kappa shape index (κ2) is 8.78. The fourth-order valence-corrected chi connectivity index (χ4v) is 2.53. The van der Waals surface area contributed by atoms with Crippen LogP contribution in [0.25, 0.3) is 0 Å². The lowest BCUT2D eigenvalue weighted by atomic mass is 9.95. The first kappa shape index (κ1) is 17.8. The molecule has 0 N–H and O–H groups in total. The van der Waals surface area contributed by atoms with Crippen LogP contribution in [0.4, 0.5) is 4.79 Å². The lowest BCUT2D eigenvalue weighted by Gasteiger charge is -2.33. The summed E-state index contributed by atoms with van der Waals surface area (Å²) < 4.78 is 5.35. The summed E-state index contributed by atoms with van der Waals surface area (Å²) in [6.07, 6.45) is 3.25. The summed E-state index contributed by atoms with van der Waals surface area (Å²) in [7, 11) is 0. The first-order chi connectivity index (χ1) is 8.42. The normalized spacial score (nSPS) is 16.9. The second-order valence-corrected chi connectivity index (χ2v) is 6.18. The second-order valence-electron chi connectivity index (χ2n) is 5.39. The third-order valence-corrected chi connectivity index (χ3v) is 3.24. The maximum Gasteiger partial charge on any atom is 0.410 e. The van der Waals surface area contributed by atoms with Gasteiger partial charge in [-0.15, -0.1) is 0 Å². The van der Waals surface area contributed by atoms with E-state index in [0.717, 1.165) is 37.2 Å². The van der Waals surface area contributed by atoms with E-state index in [4.69, 9.17) is 4.74 Å². The number of piperidine rings is 1. The zero-order chi connectivity index (χ0) is 14.2. The van der Waals surface area contributed by atoms with Crippen molar-refractivity contribution in [2.75, 3.05) is 18.4 Å². The van der Waals surface area contributed by atoms with Crippen molar-refractivity contribution in [1.29, 1.82) is 0 Å². The Kier molecular flexibility index (Phi) is 8.66. The van der Waals surface area contributed by atoms with Crippen molar-refractivity contribution in [3.63, 3.8) is 0 Å². The van der Waals surface area contributed by atoms with Crippen LogP contribution in [0.3, 0.4) is 0 Å². The Morgan fingerprint density at radius 1 is 1.28 bits per heavy atom. The Hall–Kier alpha value is -0.250. The Morgan fingerprint density at radius 3 is 2.17 bits per heavy atom. The number of halogens is 1.